The van der Waals surface area contributed by atoms with Crippen LogP contribution in [-0.4, -0.2) is 16.6 Å². The van der Waals surface area contributed by atoms with Gasteiger partial charge in [0, 0.05) is 18.0 Å². The molecule has 0 saturated heterocycles. The van der Waals surface area contributed by atoms with Gasteiger partial charge in [-0.05, 0) is 25.1 Å². The zero-order chi connectivity index (χ0) is 13.7. The molecule has 0 radical (unpaired) electrons. The SMILES string of the molecule is C/C(=N\NC(=O)c1cccnc1)c1ccccc1F. The molecule has 1 amide bonds. The summed E-state index contributed by atoms with van der Waals surface area (Å²) in [6.45, 7) is 1.63. The predicted octanol–water partition coefficient (Wildman–Crippen LogP) is 2.37. The molecule has 0 aliphatic rings. The van der Waals surface area contributed by atoms with E-state index in [0.29, 0.717) is 16.8 Å². The third-order valence-electron chi connectivity index (χ3n) is 2.51. The molecule has 2 aromatic rings. The van der Waals surface area contributed by atoms with E-state index in [1.54, 1.807) is 43.5 Å². The van der Waals surface area contributed by atoms with Crippen molar-refractivity contribution >= 4 is 11.6 Å². The number of carbonyl (C=O) groups is 1. The second-order valence-corrected chi connectivity index (χ2v) is 3.86. The summed E-state index contributed by atoms with van der Waals surface area (Å²) in [5.74, 6) is -0.761. The summed E-state index contributed by atoms with van der Waals surface area (Å²) >= 11 is 0. The maximum absolute atomic E-state index is 13.5. The van der Waals surface area contributed by atoms with Crippen LogP contribution in [0.1, 0.15) is 22.8 Å². The molecular weight excluding hydrogens is 245 g/mol. The zero-order valence-corrected chi connectivity index (χ0v) is 10.3. The van der Waals surface area contributed by atoms with Gasteiger partial charge in [0.25, 0.3) is 5.91 Å². The van der Waals surface area contributed by atoms with Gasteiger partial charge < -0.3 is 0 Å². The Morgan fingerprint density at radius 1 is 1.26 bits per heavy atom. The van der Waals surface area contributed by atoms with Gasteiger partial charge in [-0.25, -0.2) is 9.82 Å². The molecule has 0 bridgehead atoms. The number of nitrogens with zero attached hydrogens (tertiary/aromatic N) is 2. The van der Waals surface area contributed by atoms with Crippen LogP contribution in [0.25, 0.3) is 0 Å². The van der Waals surface area contributed by atoms with Gasteiger partial charge in [-0.2, -0.15) is 5.10 Å². The maximum Gasteiger partial charge on any atom is 0.272 e. The number of pyridine rings is 1. The van der Waals surface area contributed by atoms with Gasteiger partial charge in [-0.15, -0.1) is 0 Å². The number of hydrogen-bond donors (Lipinski definition) is 1. The molecule has 0 aliphatic carbocycles. The molecular formula is C14H12FN3O. The smallest absolute Gasteiger partial charge is 0.267 e. The van der Waals surface area contributed by atoms with Crippen molar-refractivity contribution in [3.8, 4) is 0 Å². The average Bonchev–Trinajstić information content (AvgIpc) is 2.46. The Bertz CT molecular complexity index is 611. The third kappa shape index (κ3) is 3.22. The minimum atomic E-state index is -0.385. The van der Waals surface area contributed by atoms with Crippen molar-refractivity contribution in [1.29, 1.82) is 0 Å². The van der Waals surface area contributed by atoms with E-state index in [9.17, 15) is 9.18 Å². The van der Waals surface area contributed by atoms with Gasteiger partial charge in [-0.3, -0.25) is 9.78 Å². The number of hydrazone groups is 1. The summed E-state index contributed by atoms with van der Waals surface area (Å²) in [6.07, 6.45) is 3.01. The van der Waals surface area contributed by atoms with Crippen molar-refractivity contribution in [2.24, 2.45) is 5.10 Å². The van der Waals surface area contributed by atoms with Crippen molar-refractivity contribution in [1.82, 2.24) is 10.4 Å². The molecule has 0 saturated carbocycles. The first-order valence-corrected chi connectivity index (χ1v) is 5.68. The summed E-state index contributed by atoms with van der Waals surface area (Å²) in [4.78, 5) is 15.5. The monoisotopic (exact) mass is 257 g/mol. The van der Waals surface area contributed by atoms with E-state index in [2.05, 4.69) is 15.5 Å². The van der Waals surface area contributed by atoms with Crippen molar-refractivity contribution < 1.29 is 9.18 Å². The van der Waals surface area contributed by atoms with Gasteiger partial charge in [0.2, 0.25) is 0 Å². The highest BCUT2D eigenvalue weighted by Gasteiger charge is 2.06. The number of rotatable bonds is 3. The normalized spacial score (nSPS) is 11.2. The van der Waals surface area contributed by atoms with E-state index in [1.807, 2.05) is 0 Å². The molecule has 0 fully saturated rings. The van der Waals surface area contributed by atoms with Gasteiger partial charge in [0.05, 0.1) is 11.3 Å². The van der Waals surface area contributed by atoms with Crippen LogP contribution in [0, 0.1) is 5.82 Å². The molecule has 0 atom stereocenters. The van der Waals surface area contributed by atoms with Crippen LogP contribution < -0.4 is 5.43 Å². The van der Waals surface area contributed by atoms with E-state index in [0.717, 1.165) is 0 Å². The minimum Gasteiger partial charge on any atom is -0.267 e. The Morgan fingerprint density at radius 3 is 2.74 bits per heavy atom. The average molecular weight is 257 g/mol. The number of hydrogen-bond acceptors (Lipinski definition) is 3. The first-order chi connectivity index (χ1) is 9.18. The zero-order valence-electron chi connectivity index (χ0n) is 10.3. The molecule has 1 heterocycles. The Labute approximate surface area is 110 Å². The van der Waals surface area contributed by atoms with E-state index in [1.165, 1.54) is 12.3 Å². The van der Waals surface area contributed by atoms with Crippen LogP contribution in [0.15, 0.2) is 53.9 Å². The minimum absolute atomic E-state index is 0.356. The van der Waals surface area contributed by atoms with Crippen LogP contribution in [0.2, 0.25) is 0 Å². The highest BCUT2D eigenvalue weighted by molar-refractivity contribution is 6.00. The number of nitrogens with one attached hydrogen (secondary N) is 1. The summed E-state index contributed by atoms with van der Waals surface area (Å²) in [7, 11) is 0. The van der Waals surface area contributed by atoms with Gasteiger partial charge >= 0.3 is 0 Å². The molecule has 2 rings (SSSR count). The van der Waals surface area contributed by atoms with Crippen LogP contribution in [0.5, 0.6) is 0 Å². The van der Waals surface area contributed by atoms with Crippen LogP contribution in [0.4, 0.5) is 4.39 Å². The van der Waals surface area contributed by atoms with E-state index in [4.69, 9.17) is 0 Å². The summed E-state index contributed by atoms with van der Waals surface area (Å²) in [5, 5.41) is 3.88. The van der Waals surface area contributed by atoms with Gasteiger partial charge in [-0.1, -0.05) is 18.2 Å². The third-order valence-corrected chi connectivity index (χ3v) is 2.51. The molecule has 19 heavy (non-hydrogen) atoms. The Morgan fingerprint density at radius 2 is 2.05 bits per heavy atom. The largest absolute Gasteiger partial charge is 0.272 e. The fraction of sp³-hybridized carbons (Fsp3) is 0.0714. The predicted molar refractivity (Wildman–Crippen MR) is 70.3 cm³/mol. The number of halogens is 1. The van der Waals surface area contributed by atoms with Crippen LogP contribution in [-0.2, 0) is 0 Å². The Kier molecular flexibility index (Phi) is 3.97. The number of aromatic nitrogens is 1. The quantitative estimate of drug-likeness (QED) is 0.678. The fourth-order valence-corrected chi connectivity index (χ4v) is 1.51. The molecule has 0 unspecified atom stereocenters. The fourth-order valence-electron chi connectivity index (χ4n) is 1.51. The maximum atomic E-state index is 13.5. The van der Waals surface area contributed by atoms with Crippen molar-refractivity contribution in [3.63, 3.8) is 0 Å². The highest BCUT2D eigenvalue weighted by atomic mass is 19.1. The standard InChI is InChI=1S/C14H12FN3O/c1-10(12-6-2-3-7-13(12)15)17-18-14(19)11-5-4-8-16-9-11/h2-9H,1H3,(H,18,19)/b17-10+. The highest BCUT2D eigenvalue weighted by Crippen LogP contribution is 2.07. The molecule has 1 N–H and O–H groups in total. The summed E-state index contributed by atoms with van der Waals surface area (Å²) in [6, 6.07) is 9.53. The van der Waals surface area contributed by atoms with Crippen LogP contribution >= 0.6 is 0 Å². The van der Waals surface area contributed by atoms with Gasteiger partial charge in [0.15, 0.2) is 0 Å². The lowest BCUT2D eigenvalue weighted by Crippen LogP contribution is -2.19. The topological polar surface area (TPSA) is 54.4 Å². The number of carbonyl (C=O) groups excluding carboxylic acids is 1. The van der Waals surface area contributed by atoms with Crippen molar-refractivity contribution in [3.05, 3.63) is 65.7 Å². The Balaban J connectivity index is 2.11. The molecule has 1 aromatic heterocycles. The lowest BCUT2D eigenvalue weighted by molar-refractivity contribution is 0.0954. The molecule has 4 nitrogen and oxygen atoms in total. The van der Waals surface area contributed by atoms with Gasteiger partial charge in [0.1, 0.15) is 5.82 Å². The number of amides is 1. The molecule has 0 spiro atoms. The molecule has 96 valence electrons. The van der Waals surface area contributed by atoms with E-state index in [-0.39, 0.29) is 11.7 Å². The van der Waals surface area contributed by atoms with Crippen molar-refractivity contribution in [2.75, 3.05) is 0 Å². The van der Waals surface area contributed by atoms with Crippen molar-refractivity contribution in [2.45, 2.75) is 6.92 Å². The molecule has 1 aromatic carbocycles. The van der Waals surface area contributed by atoms with E-state index >= 15 is 0 Å². The second-order valence-electron chi connectivity index (χ2n) is 3.86. The summed E-state index contributed by atoms with van der Waals surface area (Å²) in [5.41, 5.74) is 3.52. The second kappa shape index (κ2) is 5.86. The first-order valence-electron chi connectivity index (χ1n) is 5.68. The van der Waals surface area contributed by atoms with Crippen LogP contribution in [0.3, 0.4) is 0 Å². The number of benzene rings is 1. The first kappa shape index (κ1) is 12.9. The Hall–Kier alpha value is -2.56. The molecule has 5 heteroatoms. The van der Waals surface area contributed by atoms with E-state index < -0.39 is 0 Å². The summed E-state index contributed by atoms with van der Waals surface area (Å²) < 4.78 is 13.5. The molecule has 0 aliphatic heterocycles. The lowest BCUT2D eigenvalue weighted by atomic mass is 10.1. The lowest BCUT2D eigenvalue weighted by Gasteiger charge is -2.03.